The van der Waals surface area contributed by atoms with Gasteiger partial charge in [-0.15, -0.1) is 0 Å². The molecule has 0 radical (unpaired) electrons. The van der Waals surface area contributed by atoms with E-state index in [2.05, 4.69) is 43.0 Å². The van der Waals surface area contributed by atoms with Crippen molar-refractivity contribution in [2.75, 3.05) is 6.61 Å². The highest BCUT2D eigenvalue weighted by Crippen LogP contribution is 2.32. The highest BCUT2D eigenvalue weighted by atomic mass is 79.9. The molecule has 140 valence electrons. The van der Waals surface area contributed by atoms with Gasteiger partial charge in [0.15, 0.2) is 11.4 Å². The first-order valence-electron chi connectivity index (χ1n) is 9.36. The largest absolute Gasteiger partial charge is 0.376 e. The van der Waals surface area contributed by atoms with Gasteiger partial charge in [-0.25, -0.2) is 9.97 Å². The summed E-state index contributed by atoms with van der Waals surface area (Å²) < 4.78 is 6.53. The highest BCUT2D eigenvalue weighted by molar-refractivity contribution is 9.10. The Hall–Kier alpha value is -2.05. The molecule has 0 unspecified atom stereocenters. The molecule has 0 spiro atoms. The van der Waals surface area contributed by atoms with Crippen LogP contribution in [0.3, 0.4) is 0 Å². The molecular formula is C21H22BrN3O2. The second-order valence-electron chi connectivity index (χ2n) is 7.17. The van der Waals surface area contributed by atoms with Crippen LogP contribution in [0.25, 0.3) is 11.2 Å². The number of rotatable bonds is 6. The smallest absolute Gasteiger partial charge is 0.169 e. The van der Waals surface area contributed by atoms with Crippen molar-refractivity contribution in [3.63, 3.8) is 0 Å². The number of hydrogen-bond acceptors (Lipinski definition) is 4. The fourth-order valence-electron chi connectivity index (χ4n) is 3.79. The Bertz CT molecular complexity index is 918. The van der Waals surface area contributed by atoms with E-state index in [0.717, 1.165) is 32.3 Å². The van der Waals surface area contributed by atoms with Gasteiger partial charge in [0, 0.05) is 18.7 Å². The van der Waals surface area contributed by atoms with Gasteiger partial charge in [0.05, 0.1) is 18.4 Å². The summed E-state index contributed by atoms with van der Waals surface area (Å²) in [6, 6.07) is 10.2. The lowest BCUT2D eigenvalue weighted by Gasteiger charge is -2.27. The molecule has 2 aromatic heterocycles. The quantitative estimate of drug-likeness (QED) is 0.566. The molecule has 2 heterocycles. The van der Waals surface area contributed by atoms with Crippen LogP contribution in [-0.2, 0) is 11.3 Å². The standard InChI is InChI=1S/C21H22BrN3O2/c22-18-11-24-21-19(25-18)17(10-23-21)20(26)16-8-6-15(7-9-16)13-27-12-14-4-2-1-3-5-14/h1-5,10-11,15-16H,6-9,12-13H2,(H,23,24). The van der Waals surface area contributed by atoms with Crippen LogP contribution in [0, 0.1) is 11.8 Å². The van der Waals surface area contributed by atoms with Crippen LogP contribution >= 0.6 is 15.9 Å². The Labute approximate surface area is 166 Å². The van der Waals surface area contributed by atoms with Gasteiger partial charge in [0.25, 0.3) is 0 Å². The van der Waals surface area contributed by atoms with Crippen molar-refractivity contribution in [2.45, 2.75) is 32.3 Å². The summed E-state index contributed by atoms with van der Waals surface area (Å²) in [5.74, 6) is 0.780. The number of Topliss-reactive ketones (excluding diaryl/α,β-unsaturated/α-hetero) is 1. The molecule has 1 aromatic carbocycles. The molecule has 0 atom stereocenters. The maximum Gasteiger partial charge on any atom is 0.169 e. The number of H-pyrrole nitrogens is 1. The van der Waals surface area contributed by atoms with Gasteiger partial charge >= 0.3 is 0 Å². The minimum absolute atomic E-state index is 0.0650. The number of nitrogens with one attached hydrogen (secondary N) is 1. The summed E-state index contributed by atoms with van der Waals surface area (Å²) in [5, 5.41) is 0. The highest BCUT2D eigenvalue weighted by Gasteiger charge is 2.29. The van der Waals surface area contributed by atoms with E-state index in [-0.39, 0.29) is 11.7 Å². The molecule has 1 N–H and O–H groups in total. The van der Waals surface area contributed by atoms with Crippen molar-refractivity contribution in [1.82, 2.24) is 15.0 Å². The molecule has 0 saturated heterocycles. The Kier molecular flexibility index (Phi) is 5.64. The average Bonchev–Trinajstić information content (AvgIpc) is 3.12. The molecule has 1 aliphatic rings. The Balaban J connectivity index is 1.30. The van der Waals surface area contributed by atoms with Crippen molar-refractivity contribution in [3.8, 4) is 0 Å². The van der Waals surface area contributed by atoms with Crippen LogP contribution in [0.4, 0.5) is 0 Å². The van der Waals surface area contributed by atoms with Crippen LogP contribution < -0.4 is 0 Å². The molecule has 27 heavy (non-hydrogen) atoms. The van der Waals surface area contributed by atoms with E-state index >= 15 is 0 Å². The molecule has 4 rings (SSSR count). The number of halogens is 1. The third kappa shape index (κ3) is 4.28. The molecular weight excluding hydrogens is 406 g/mol. The summed E-state index contributed by atoms with van der Waals surface area (Å²) in [5.41, 5.74) is 3.17. The molecule has 0 aliphatic heterocycles. The zero-order valence-electron chi connectivity index (χ0n) is 15.0. The van der Waals surface area contributed by atoms with Crippen LogP contribution in [0.1, 0.15) is 41.6 Å². The molecule has 3 aromatic rings. The number of carbonyl (C=O) groups excluding carboxylic acids is 1. The van der Waals surface area contributed by atoms with Crippen LogP contribution in [-0.4, -0.2) is 27.3 Å². The third-order valence-corrected chi connectivity index (χ3v) is 5.68. The Morgan fingerprint density at radius 3 is 2.74 bits per heavy atom. The lowest BCUT2D eigenvalue weighted by atomic mass is 9.79. The second kappa shape index (κ2) is 8.31. The first-order chi connectivity index (χ1) is 13.2. The minimum atomic E-state index is 0.0650. The molecule has 0 amide bonds. The van der Waals surface area contributed by atoms with E-state index in [1.165, 1.54) is 5.56 Å². The number of carbonyl (C=O) groups is 1. The number of aromatic nitrogens is 3. The van der Waals surface area contributed by atoms with Gasteiger partial charge in [-0.2, -0.15) is 0 Å². The summed E-state index contributed by atoms with van der Waals surface area (Å²) in [7, 11) is 0. The van der Waals surface area contributed by atoms with E-state index in [1.807, 2.05) is 18.2 Å². The number of fused-ring (bicyclic) bond motifs is 1. The average molecular weight is 428 g/mol. The minimum Gasteiger partial charge on any atom is -0.376 e. The molecule has 1 fully saturated rings. The topological polar surface area (TPSA) is 67.9 Å². The first-order valence-corrected chi connectivity index (χ1v) is 10.2. The maximum atomic E-state index is 13.0. The molecule has 5 nitrogen and oxygen atoms in total. The normalized spacial score (nSPS) is 20.0. The maximum absolute atomic E-state index is 13.0. The number of ether oxygens (including phenoxy) is 1. The summed E-state index contributed by atoms with van der Waals surface area (Å²) >= 11 is 3.33. The number of hydrogen-bond donors (Lipinski definition) is 1. The van der Waals surface area contributed by atoms with Crippen molar-refractivity contribution >= 4 is 32.9 Å². The van der Waals surface area contributed by atoms with Gasteiger partial charge in [-0.1, -0.05) is 30.3 Å². The number of ketones is 1. The van der Waals surface area contributed by atoms with Gasteiger partial charge in [-0.3, -0.25) is 4.79 Å². The first kappa shape index (κ1) is 18.3. The van der Waals surface area contributed by atoms with E-state index in [4.69, 9.17) is 4.74 Å². The van der Waals surface area contributed by atoms with Gasteiger partial charge in [-0.05, 0) is 53.1 Å². The monoisotopic (exact) mass is 427 g/mol. The number of benzene rings is 1. The van der Waals surface area contributed by atoms with Crippen LogP contribution in [0.5, 0.6) is 0 Å². The SMILES string of the molecule is O=C(c1c[nH]c2ncc(Br)nc12)C1CCC(COCc2ccccc2)CC1. The van der Waals surface area contributed by atoms with Crippen molar-refractivity contribution in [1.29, 1.82) is 0 Å². The van der Waals surface area contributed by atoms with E-state index in [9.17, 15) is 4.79 Å². The van der Waals surface area contributed by atoms with E-state index in [1.54, 1.807) is 12.4 Å². The summed E-state index contributed by atoms with van der Waals surface area (Å²) in [4.78, 5) is 24.7. The predicted molar refractivity (Wildman–Crippen MR) is 107 cm³/mol. The summed E-state index contributed by atoms with van der Waals surface area (Å²) in [6.45, 7) is 1.42. The molecule has 6 heteroatoms. The zero-order chi connectivity index (χ0) is 18.6. The fourth-order valence-corrected chi connectivity index (χ4v) is 4.07. The van der Waals surface area contributed by atoms with Crippen molar-refractivity contribution in [3.05, 3.63) is 58.5 Å². The molecule has 1 aliphatic carbocycles. The Morgan fingerprint density at radius 1 is 1.19 bits per heavy atom. The van der Waals surface area contributed by atoms with Gasteiger partial charge in [0.2, 0.25) is 0 Å². The zero-order valence-corrected chi connectivity index (χ0v) is 16.6. The third-order valence-electron chi connectivity index (χ3n) is 5.30. The molecule has 0 bridgehead atoms. The van der Waals surface area contributed by atoms with Crippen LogP contribution in [0.15, 0.2) is 47.3 Å². The second-order valence-corrected chi connectivity index (χ2v) is 7.99. The summed E-state index contributed by atoms with van der Waals surface area (Å²) in [6.07, 6.45) is 7.26. The van der Waals surface area contributed by atoms with Crippen molar-refractivity contribution < 1.29 is 9.53 Å². The van der Waals surface area contributed by atoms with Gasteiger partial charge < -0.3 is 9.72 Å². The van der Waals surface area contributed by atoms with E-state index in [0.29, 0.717) is 33.9 Å². The fraction of sp³-hybridized carbons (Fsp3) is 0.381. The number of aromatic amines is 1. The van der Waals surface area contributed by atoms with E-state index < -0.39 is 0 Å². The lowest BCUT2D eigenvalue weighted by molar-refractivity contribution is 0.0619. The molecule has 1 saturated carbocycles. The van der Waals surface area contributed by atoms with Gasteiger partial charge in [0.1, 0.15) is 10.1 Å². The van der Waals surface area contributed by atoms with Crippen LogP contribution in [0.2, 0.25) is 0 Å². The lowest BCUT2D eigenvalue weighted by Crippen LogP contribution is -2.24. The number of nitrogens with zero attached hydrogens (tertiary/aromatic N) is 2. The van der Waals surface area contributed by atoms with Crippen molar-refractivity contribution in [2.24, 2.45) is 11.8 Å². The predicted octanol–water partition coefficient (Wildman–Crippen LogP) is 4.93. The Morgan fingerprint density at radius 2 is 1.96 bits per heavy atom.